The summed E-state index contributed by atoms with van der Waals surface area (Å²) in [4.78, 5) is 5.60. The first kappa shape index (κ1) is 26.0. The molecule has 1 rings (SSSR count). The number of aryl methyl sites for hydroxylation is 2. The van der Waals surface area contributed by atoms with Gasteiger partial charge in [-0.1, -0.05) is 0 Å². The molecule has 0 aromatic carbocycles. The highest BCUT2D eigenvalue weighted by Crippen LogP contribution is 2.15. The number of likely N-dealkylation sites (N-methyl/N-ethyl adjacent to an activating group) is 1. The van der Waals surface area contributed by atoms with Crippen molar-refractivity contribution in [1.29, 1.82) is 0 Å². The molecule has 0 spiro atoms. The van der Waals surface area contributed by atoms with E-state index in [-0.39, 0.29) is 36.6 Å². The minimum Gasteiger partial charge on any atom is -0.357 e. The van der Waals surface area contributed by atoms with Crippen LogP contribution < -0.4 is 10.6 Å². The first-order chi connectivity index (χ1) is 12.0. The van der Waals surface area contributed by atoms with Crippen molar-refractivity contribution in [3.63, 3.8) is 0 Å². The van der Waals surface area contributed by atoms with Crippen molar-refractivity contribution in [3.8, 4) is 0 Å². The van der Waals surface area contributed by atoms with Crippen molar-refractivity contribution >= 4 is 29.9 Å². The van der Waals surface area contributed by atoms with Gasteiger partial charge < -0.3 is 10.6 Å². The van der Waals surface area contributed by atoms with Crippen molar-refractivity contribution in [3.05, 3.63) is 17.0 Å². The van der Waals surface area contributed by atoms with Crippen LogP contribution in [0.1, 0.15) is 30.8 Å². The lowest BCUT2D eigenvalue weighted by molar-refractivity contribution is -0.142. The third-order valence-electron chi connectivity index (χ3n) is 4.10. The number of hydrogen-bond donors (Lipinski definition) is 2. The van der Waals surface area contributed by atoms with Crippen LogP contribution in [0.25, 0.3) is 0 Å². The molecule has 0 radical (unpaired) electrons. The fourth-order valence-electron chi connectivity index (χ4n) is 2.74. The maximum atomic E-state index is 12.3. The van der Waals surface area contributed by atoms with Crippen molar-refractivity contribution in [1.82, 2.24) is 25.3 Å². The third kappa shape index (κ3) is 9.63. The van der Waals surface area contributed by atoms with Crippen molar-refractivity contribution in [2.24, 2.45) is 12.0 Å². The first-order valence-corrected chi connectivity index (χ1v) is 8.82. The van der Waals surface area contributed by atoms with Gasteiger partial charge in [-0.3, -0.25) is 14.6 Å². The summed E-state index contributed by atoms with van der Waals surface area (Å²) in [6, 6.07) is 0.113. The van der Waals surface area contributed by atoms with Crippen LogP contribution in [0, 0.1) is 13.8 Å². The van der Waals surface area contributed by atoms with Crippen LogP contribution in [-0.4, -0.2) is 66.1 Å². The predicted octanol–water partition coefficient (Wildman–Crippen LogP) is 2.64. The minimum atomic E-state index is -4.19. The Labute approximate surface area is 177 Å². The van der Waals surface area contributed by atoms with E-state index >= 15 is 0 Å². The largest absolute Gasteiger partial charge is 0.401 e. The number of aromatic nitrogens is 2. The molecular formula is C17H32F3IN6. The van der Waals surface area contributed by atoms with Crippen LogP contribution in [0.5, 0.6) is 0 Å². The number of guanidine groups is 1. The second-order valence-electron chi connectivity index (χ2n) is 6.64. The van der Waals surface area contributed by atoms with E-state index in [0.29, 0.717) is 19.0 Å². The van der Waals surface area contributed by atoms with Gasteiger partial charge >= 0.3 is 6.18 Å². The number of nitrogens with one attached hydrogen (secondary N) is 2. The summed E-state index contributed by atoms with van der Waals surface area (Å²) in [7, 11) is 3.37. The molecule has 0 amide bonds. The van der Waals surface area contributed by atoms with E-state index < -0.39 is 12.7 Å². The van der Waals surface area contributed by atoms with Gasteiger partial charge in [-0.15, -0.1) is 24.0 Å². The monoisotopic (exact) mass is 504 g/mol. The Balaban J connectivity index is 0.00000676. The van der Waals surface area contributed by atoms with Crippen LogP contribution in [-0.2, 0) is 13.5 Å². The topological polar surface area (TPSA) is 57.5 Å². The average Bonchev–Trinajstić information content (AvgIpc) is 2.72. The van der Waals surface area contributed by atoms with Crippen molar-refractivity contribution in [2.75, 3.05) is 33.2 Å². The van der Waals surface area contributed by atoms with Crippen LogP contribution >= 0.6 is 24.0 Å². The Bertz CT molecular complexity index is 600. The number of nitrogens with zero attached hydrogens (tertiary/aromatic N) is 4. The fraction of sp³-hybridized carbons (Fsp3) is 0.765. The Morgan fingerprint density at radius 2 is 1.96 bits per heavy atom. The summed E-state index contributed by atoms with van der Waals surface area (Å²) in [5.41, 5.74) is 3.34. The SMILES string of the molecule is CCNC(=NCCN(C)CC(F)(F)F)NC(C)Cc1c(C)nn(C)c1C.I. The quantitative estimate of drug-likeness (QED) is 0.325. The molecule has 2 N–H and O–H groups in total. The lowest BCUT2D eigenvalue weighted by Crippen LogP contribution is -2.43. The number of hydrogen-bond acceptors (Lipinski definition) is 3. The van der Waals surface area contributed by atoms with E-state index in [1.165, 1.54) is 17.5 Å². The van der Waals surface area contributed by atoms with Gasteiger partial charge in [0.25, 0.3) is 0 Å². The van der Waals surface area contributed by atoms with Crippen LogP contribution in [0.4, 0.5) is 13.2 Å². The van der Waals surface area contributed by atoms with Crippen LogP contribution in [0.2, 0.25) is 0 Å². The first-order valence-electron chi connectivity index (χ1n) is 8.82. The predicted molar refractivity (Wildman–Crippen MR) is 114 cm³/mol. The molecule has 0 aliphatic rings. The zero-order chi connectivity index (χ0) is 19.9. The van der Waals surface area contributed by atoms with Crippen molar-refractivity contribution in [2.45, 2.75) is 46.3 Å². The normalized spacial score (nSPS) is 13.5. The standard InChI is InChI=1S/C17H31F3N6.HI/c1-7-21-16(22-8-9-25(5)11-17(18,19)20)23-12(2)10-15-13(3)24-26(6)14(15)4;/h12H,7-11H2,1-6H3,(H2,21,22,23);1H. The molecule has 6 nitrogen and oxygen atoms in total. The molecule has 27 heavy (non-hydrogen) atoms. The van der Waals surface area contributed by atoms with Gasteiger partial charge in [0.15, 0.2) is 5.96 Å². The second kappa shape index (κ2) is 11.7. The Hall–Kier alpha value is -1.04. The molecule has 158 valence electrons. The summed E-state index contributed by atoms with van der Waals surface area (Å²) in [5, 5.41) is 10.9. The summed E-state index contributed by atoms with van der Waals surface area (Å²) in [6.45, 7) is 8.32. The molecule has 1 atom stereocenters. The van der Waals surface area contributed by atoms with E-state index in [2.05, 4.69) is 27.6 Å². The highest BCUT2D eigenvalue weighted by atomic mass is 127. The Morgan fingerprint density at radius 3 is 2.44 bits per heavy atom. The summed E-state index contributed by atoms with van der Waals surface area (Å²) >= 11 is 0. The van der Waals surface area contributed by atoms with E-state index in [0.717, 1.165) is 17.8 Å². The molecule has 10 heteroatoms. The van der Waals surface area contributed by atoms with Gasteiger partial charge in [-0.25, -0.2) is 0 Å². The lowest BCUT2D eigenvalue weighted by atomic mass is 10.1. The fourth-order valence-corrected chi connectivity index (χ4v) is 2.74. The van der Waals surface area contributed by atoms with E-state index in [4.69, 9.17) is 0 Å². The van der Waals surface area contributed by atoms with Gasteiger partial charge in [0, 0.05) is 31.9 Å². The zero-order valence-electron chi connectivity index (χ0n) is 16.9. The number of aliphatic imine (C=N–C) groups is 1. The number of alkyl halides is 3. The van der Waals surface area contributed by atoms with Gasteiger partial charge in [0.2, 0.25) is 0 Å². The number of halogens is 4. The summed E-state index contributed by atoms with van der Waals surface area (Å²) in [6.07, 6.45) is -3.39. The van der Waals surface area contributed by atoms with Crippen LogP contribution in [0.3, 0.4) is 0 Å². The third-order valence-corrected chi connectivity index (χ3v) is 4.10. The zero-order valence-corrected chi connectivity index (χ0v) is 19.3. The van der Waals surface area contributed by atoms with Crippen molar-refractivity contribution < 1.29 is 13.2 Å². The Kier molecular flexibility index (Phi) is 11.3. The second-order valence-corrected chi connectivity index (χ2v) is 6.64. The number of rotatable bonds is 8. The molecule has 0 aliphatic heterocycles. The molecule has 1 aromatic rings. The highest BCUT2D eigenvalue weighted by molar-refractivity contribution is 14.0. The lowest BCUT2D eigenvalue weighted by Gasteiger charge is -2.20. The molecule has 0 aliphatic carbocycles. The van der Waals surface area contributed by atoms with Gasteiger partial charge in [0.1, 0.15) is 0 Å². The maximum Gasteiger partial charge on any atom is 0.401 e. The molecule has 0 bridgehead atoms. The molecule has 1 aromatic heterocycles. The smallest absolute Gasteiger partial charge is 0.357 e. The molecule has 1 unspecified atom stereocenters. The average molecular weight is 504 g/mol. The molecule has 0 saturated heterocycles. The van der Waals surface area contributed by atoms with Gasteiger partial charge in [0.05, 0.1) is 18.8 Å². The Morgan fingerprint density at radius 1 is 1.33 bits per heavy atom. The van der Waals surface area contributed by atoms with E-state index in [1.54, 1.807) is 0 Å². The van der Waals surface area contributed by atoms with E-state index in [9.17, 15) is 13.2 Å². The van der Waals surface area contributed by atoms with Gasteiger partial charge in [-0.05, 0) is 46.7 Å². The van der Waals surface area contributed by atoms with Crippen LogP contribution in [0.15, 0.2) is 4.99 Å². The minimum absolute atomic E-state index is 0. The molecule has 0 saturated carbocycles. The highest BCUT2D eigenvalue weighted by Gasteiger charge is 2.28. The van der Waals surface area contributed by atoms with Gasteiger partial charge in [-0.2, -0.15) is 18.3 Å². The molecule has 1 heterocycles. The maximum absolute atomic E-state index is 12.3. The van der Waals surface area contributed by atoms with E-state index in [1.807, 2.05) is 32.5 Å². The summed E-state index contributed by atoms with van der Waals surface area (Å²) in [5.74, 6) is 0.611. The molecule has 0 fully saturated rings. The molecular weight excluding hydrogens is 472 g/mol. The summed E-state index contributed by atoms with van der Waals surface area (Å²) < 4.78 is 38.9.